The SMILES string of the molecule is CCCCCCCCC(=O)OCCOCCOCCOCCOCCOCCOCCOCCOCCOCCOCCOCC(=O)O. The molecule has 0 aromatic carbocycles. The second-order valence-electron chi connectivity index (χ2n) is 10.3. The third-order valence-electron chi connectivity index (χ3n) is 6.17. The lowest BCUT2D eigenvalue weighted by molar-refractivity contribution is -0.145. The molecule has 1 N–H and O–H groups in total. The lowest BCUT2D eigenvalue weighted by Crippen LogP contribution is -2.16. The molecule has 0 spiro atoms. The summed E-state index contributed by atoms with van der Waals surface area (Å²) in [6.45, 7) is 11.5. The van der Waals surface area contributed by atoms with Crippen molar-refractivity contribution >= 4 is 11.9 Å². The lowest BCUT2D eigenvalue weighted by atomic mass is 10.1. The first kappa shape index (κ1) is 46.5. The number of esters is 1. The molecule has 0 bridgehead atoms. The zero-order valence-electron chi connectivity index (χ0n) is 29.4. The van der Waals surface area contributed by atoms with Crippen LogP contribution in [0.2, 0.25) is 0 Å². The predicted molar refractivity (Wildman–Crippen MR) is 176 cm³/mol. The van der Waals surface area contributed by atoms with Gasteiger partial charge in [-0.2, -0.15) is 0 Å². The van der Waals surface area contributed by atoms with Crippen LogP contribution in [0.1, 0.15) is 51.9 Å². The summed E-state index contributed by atoms with van der Waals surface area (Å²) in [6, 6.07) is 0. The van der Waals surface area contributed by atoms with Crippen molar-refractivity contribution in [3.05, 3.63) is 0 Å². The van der Waals surface area contributed by atoms with Gasteiger partial charge in [-0.1, -0.05) is 39.0 Å². The number of carbonyl (C=O) groups is 2. The van der Waals surface area contributed by atoms with Gasteiger partial charge in [-0.25, -0.2) is 4.79 Å². The summed E-state index contributed by atoms with van der Waals surface area (Å²) in [5.74, 6) is -1.15. The van der Waals surface area contributed by atoms with Crippen LogP contribution in [0.5, 0.6) is 0 Å². The second kappa shape index (κ2) is 41.7. The molecule has 0 aliphatic carbocycles. The molecule has 0 fully saturated rings. The number of ether oxygens (including phenoxy) is 12. The molecule has 0 rings (SSSR count). The Morgan fingerprint density at radius 2 is 0.646 bits per heavy atom. The summed E-state index contributed by atoms with van der Waals surface area (Å²) < 4.78 is 64.2. The van der Waals surface area contributed by atoms with Crippen LogP contribution in [0, 0.1) is 0 Å². The highest BCUT2D eigenvalue weighted by Gasteiger charge is 2.03. The summed E-state index contributed by atoms with van der Waals surface area (Å²) in [5.41, 5.74) is 0. The van der Waals surface area contributed by atoms with Gasteiger partial charge in [0, 0.05) is 6.42 Å². The van der Waals surface area contributed by atoms with Gasteiger partial charge in [0.1, 0.15) is 13.2 Å². The first-order valence-corrected chi connectivity index (χ1v) is 17.4. The molecular formula is C33H64O15. The molecule has 0 aliphatic heterocycles. The van der Waals surface area contributed by atoms with Gasteiger partial charge in [0.05, 0.1) is 139 Å². The van der Waals surface area contributed by atoms with Crippen molar-refractivity contribution in [2.45, 2.75) is 51.9 Å². The van der Waals surface area contributed by atoms with Crippen molar-refractivity contribution in [3.63, 3.8) is 0 Å². The topological polar surface area (TPSA) is 165 Å². The van der Waals surface area contributed by atoms with Crippen molar-refractivity contribution < 1.29 is 71.5 Å². The fourth-order valence-electron chi connectivity index (χ4n) is 3.69. The Balaban J connectivity index is 3.10. The van der Waals surface area contributed by atoms with Crippen molar-refractivity contribution in [1.82, 2.24) is 0 Å². The number of unbranched alkanes of at least 4 members (excludes halogenated alkanes) is 5. The van der Waals surface area contributed by atoms with Gasteiger partial charge in [-0.3, -0.25) is 4.79 Å². The van der Waals surface area contributed by atoms with Crippen LogP contribution in [0.3, 0.4) is 0 Å². The van der Waals surface area contributed by atoms with Gasteiger partial charge >= 0.3 is 11.9 Å². The molecule has 0 atom stereocenters. The maximum absolute atomic E-state index is 11.7. The van der Waals surface area contributed by atoms with Crippen molar-refractivity contribution in [3.8, 4) is 0 Å². The van der Waals surface area contributed by atoms with Crippen LogP contribution in [0.25, 0.3) is 0 Å². The summed E-state index contributed by atoms with van der Waals surface area (Å²) >= 11 is 0. The van der Waals surface area contributed by atoms with Gasteiger partial charge in [-0.05, 0) is 6.42 Å². The third kappa shape index (κ3) is 42.5. The lowest BCUT2D eigenvalue weighted by Gasteiger charge is -2.09. The van der Waals surface area contributed by atoms with Crippen molar-refractivity contribution in [2.75, 3.05) is 152 Å². The molecule has 48 heavy (non-hydrogen) atoms. The number of carboxylic acid groups (broad SMARTS) is 1. The molecule has 0 amide bonds. The van der Waals surface area contributed by atoms with E-state index in [-0.39, 0.29) is 25.8 Å². The molecule has 0 heterocycles. The van der Waals surface area contributed by atoms with Crippen LogP contribution in [-0.4, -0.2) is 169 Å². The highest BCUT2D eigenvalue weighted by atomic mass is 16.6. The monoisotopic (exact) mass is 700 g/mol. The molecule has 286 valence electrons. The Labute approximate surface area is 287 Å². The van der Waals surface area contributed by atoms with E-state index in [9.17, 15) is 9.59 Å². The minimum Gasteiger partial charge on any atom is -0.480 e. The molecule has 15 nitrogen and oxygen atoms in total. The van der Waals surface area contributed by atoms with Crippen LogP contribution in [-0.2, 0) is 66.4 Å². The van der Waals surface area contributed by atoms with E-state index in [0.717, 1.165) is 12.8 Å². The average molecular weight is 701 g/mol. The molecule has 15 heteroatoms. The minimum atomic E-state index is -0.998. The maximum Gasteiger partial charge on any atom is 0.329 e. The summed E-state index contributed by atoms with van der Waals surface area (Å²) in [7, 11) is 0. The van der Waals surface area contributed by atoms with Gasteiger partial charge in [0.15, 0.2) is 0 Å². The third-order valence-corrected chi connectivity index (χ3v) is 6.17. The van der Waals surface area contributed by atoms with E-state index in [1.54, 1.807) is 0 Å². The highest BCUT2D eigenvalue weighted by molar-refractivity contribution is 5.69. The molecule has 0 aromatic rings. The Hall–Kier alpha value is -1.50. The van der Waals surface area contributed by atoms with E-state index in [1.165, 1.54) is 25.7 Å². The molecule has 0 unspecified atom stereocenters. The quantitative estimate of drug-likeness (QED) is 0.0729. The molecule has 0 aromatic heterocycles. The Kier molecular flexibility index (Phi) is 40.4. The smallest absolute Gasteiger partial charge is 0.329 e. The van der Waals surface area contributed by atoms with E-state index in [4.69, 9.17) is 61.9 Å². The van der Waals surface area contributed by atoms with E-state index in [1.807, 2.05) is 0 Å². The van der Waals surface area contributed by atoms with E-state index >= 15 is 0 Å². The predicted octanol–water partition coefficient (Wildman–Crippen LogP) is 2.55. The van der Waals surface area contributed by atoms with Crippen LogP contribution >= 0.6 is 0 Å². The number of hydrogen-bond donors (Lipinski definition) is 1. The standard InChI is InChI=1S/C33H64O15/c1-2-3-4-5-6-7-8-33(36)48-30-29-46-26-25-44-22-21-42-18-17-40-14-13-38-10-9-37-11-12-39-15-16-41-19-20-43-23-24-45-27-28-47-31-32(34)35/h2-31H2,1H3,(H,34,35). The van der Waals surface area contributed by atoms with E-state index in [2.05, 4.69) is 6.92 Å². The number of aliphatic carboxylic acids is 1. The largest absolute Gasteiger partial charge is 0.480 e. The first-order chi connectivity index (χ1) is 23.7. The van der Waals surface area contributed by atoms with Crippen LogP contribution < -0.4 is 0 Å². The maximum atomic E-state index is 11.7. The summed E-state index contributed by atoms with van der Waals surface area (Å²) in [6.07, 6.45) is 7.39. The van der Waals surface area contributed by atoms with Crippen molar-refractivity contribution in [1.29, 1.82) is 0 Å². The van der Waals surface area contributed by atoms with Gasteiger partial charge in [-0.15, -0.1) is 0 Å². The van der Waals surface area contributed by atoms with Gasteiger partial charge < -0.3 is 61.9 Å². The highest BCUT2D eigenvalue weighted by Crippen LogP contribution is 2.07. The molecule has 0 saturated carbocycles. The van der Waals surface area contributed by atoms with E-state index in [0.29, 0.717) is 139 Å². The number of carboxylic acids is 1. The zero-order chi connectivity index (χ0) is 34.9. The number of hydrogen-bond acceptors (Lipinski definition) is 14. The Morgan fingerprint density at radius 3 is 0.958 bits per heavy atom. The van der Waals surface area contributed by atoms with Crippen LogP contribution in [0.4, 0.5) is 0 Å². The molecule has 0 aliphatic rings. The first-order valence-electron chi connectivity index (χ1n) is 17.4. The fourth-order valence-corrected chi connectivity index (χ4v) is 3.69. The average Bonchev–Trinajstić information content (AvgIpc) is 3.08. The second-order valence-corrected chi connectivity index (χ2v) is 10.3. The molecular weight excluding hydrogens is 636 g/mol. The van der Waals surface area contributed by atoms with Gasteiger partial charge in [0.25, 0.3) is 0 Å². The Morgan fingerprint density at radius 1 is 0.375 bits per heavy atom. The van der Waals surface area contributed by atoms with E-state index < -0.39 is 5.97 Å². The van der Waals surface area contributed by atoms with Crippen molar-refractivity contribution in [2.24, 2.45) is 0 Å². The minimum absolute atomic E-state index is 0.149. The fraction of sp³-hybridized carbons (Fsp3) is 0.939. The zero-order valence-corrected chi connectivity index (χ0v) is 29.4. The molecule has 0 radical (unpaired) electrons. The van der Waals surface area contributed by atoms with Crippen LogP contribution in [0.15, 0.2) is 0 Å². The summed E-state index contributed by atoms with van der Waals surface area (Å²) in [5, 5.41) is 8.43. The molecule has 0 saturated heterocycles. The number of carbonyl (C=O) groups excluding carboxylic acids is 1. The Bertz CT molecular complexity index is 657. The normalized spacial score (nSPS) is 11.4. The number of rotatable bonds is 42. The van der Waals surface area contributed by atoms with Gasteiger partial charge in [0.2, 0.25) is 0 Å². The summed E-state index contributed by atoms with van der Waals surface area (Å²) in [4.78, 5) is 21.9.